The van der Waals surface area contributed by atoms with E-state index in [0.717, 1.165) is 11.8 Å². The standard InChI is InChI=1S/C11H23N.C6H13N.C2H6/c1-9(2)10-6-7-12(5)11(3,4)8-10;1-7-5-3-2-4-6-7;1-2/h9-10H,6-8H2,1-5H3;2-6H2,1H3;1-2H3. The van der Waals surface area contributed by atoms with Gasteiger partial charge in [0.1, 0.15) is 0 Å². The van der Waals surface area contributed by atoms with E-state index in [2.05, 4.69) is 51.6 Å². The van der Waals surface area contributed by atoms with Gasteiger partial charge in [-0.15, -0.1) is 0 Å². The topological polar surface area (TPSA) is 6.48 Å². The first-order valence-corrected chi connectivity index (χ1v) is 9.22. The number of piperidine rings is 2. The molecule has 2 aliphatic heterocycles. The highest BCUT2D eigenvalue weighted by Gasteiger charge is 2.33. The molecule has 1 atom stereocenters. The first-order chi connectivity index (χ1) is 9.83. The lowest BCUT2D eigenvalue weighted by Crippen LogP contribution is -2.48. The Morgan fingerprint density at radius 3 is 1.76 bits per heavy atom. The molecule has 2 heterocycles. The summed E-state index contributed by atoms with van der Waals surface area (Å²) in [7, 11) is 4.44. The summed E-state index contributed by atoms with van der Waals surface area (Å²) >= 11 is 0. The number of nitrogens with zero attached hydrogens (tertiary/aromatic N) is 2. The van der Waals surface area contributed by atoms with Crippen LogP contribution in [-0.2, 0) is 0 Å². The molecular formula is C19H42N2. The second-order valence-corrected chi connectivity index (χ2v) is 7.59. The fourth-order valence-electron chi connectivity index (χ4n) is 3.18. The van der Waals surface area contributed by atoms with Crippen molar-refractivity contribution in [3.8, 4) is 0 Å². The van der Waals surface area contributed by atoms with Crippen LogP contribution in [0, 0.1) is 11.8 Å². The second-order valence-electron chi connectivity index (χ2n) is 7.59. The SMILES string of the molecule is CC.CC(C)C1CCN(C)C(C)(C)C1.CN1CCCCC1. The minimum atomic E-state index is 0.424. The summed E-state index contributed by atoms with van der Waals surface area (Å²) in [4.78, 5) is 4.88. The van der Waals surface area contributed by atoms with Gasteiger partial charge in [-0.2, -0.15) is 0 Å². The smallest absolute Gasteiger partial charge is 0.0152 e. The molecule has 1 unspecified atom stereocenters. The Morgan fingerprint density at radius 2 is 1.43 bits per heavy atom. The molecule has 0 aromatic rings. The molecule has 128 valence electrons. The Kier molecular flexibility index (Phi) is 10.6. The van der Waals surface area contributed by atoms with Gasteiger partial charge in [-0.1, -0.05) is 34.1 Å². The number of rotatable bonds is 1. The third-order valence-electron chi connectivity index (χ3n) is 5.15. The van der Waals surface area contributed by atoms with Gasteiger partial charge < -0.3 is 9.80 Å². The molecule has 0 aliphatic carbocycles. The van der Waals surface area contributed by atoms with Crippen LogP contribution < -0.4 is 0 Å². The van der Waals surface area contributed by atoms with Crippen LogP contribution >= 0.6 is 0 Å². The summed E-state index contributed by atoms with van der Waals surface area (Å²) in [6.45, 7) is 17.3. The van der Waals surface area contributed by atoms with Gasteiger partial charge in [-0.05, 0) is 85.1 Å². The molecular weight excluding hydrogens is 256 g/mol. The van der Waals surface area contributed by atoms with Crippen molar-refractivity contribution in [2.75, 3.05) is 33.7 Å². The third-order valence-corrected chi connectivity index (χ3v) is 5.15. The summed E-state index contributed by atoms with van der Waals surface area (Å²) in [6.07, 6.45) is 7.02. The third kappa shape index (κ3) is 8.21. The van der Waals surface area contributed by atoms with E-state index in [-0.39, 0.29) is 0 Å². The zero-order valence-corrected chi connectivity index (χ0v) is 16.2. The van der Waals surface area contributed by atoms with E-state index in [1.54, 1.807) is 0 Å². The van der Waals surface area contributed by atoms with Crippen molar-refractivity contribution in [1.29, 1.82) is 0 Å². The van der Waals surface area contributed by atoms with Crippen molar-refractivity contribution in [3.63, 3.8) is 0 Å². The van der Waals surface area contributed by atoms with Crippen LogP contribution in [-0.4, -0.2) is 49.1 Å². The first-order valence-electron chi connectivity index (χ1n) is 9.22. The average molecular weight is 299 g/mol. The lowest BCUT2D eigenvalue weighted by molar-refractivity contribution is 0.0559. The highest BCUT2D eigenvalue weighted by Crippen LogP contribution is 2.33. The molecule has 2 rings (SSSR count). The molecule has 0 amide bonds. The Hall–Kier alpha value is -0.0800. The molecule has 2 nitrogen and oxygen atoms in total. The van der Waals surface area contributed by atoms with E-state index < -0.39 is 0 Å². The lowest BCUT2D eigenvalue weighted by atomic mass is 9.77. The number of hydrogen-bond acceptors (Lipinski definition) is 2. The van der Waals surface area contributed by atoms with Gasteiger partial charge in [0, 0.05) is 5.54 Å². The monoisotopic (exact) mass is 298 g/mol. The van der Waals surface area contributed by atoms with Gasteiger partial charge in [0.25, 0.3) is 0 Å². The van der Waals surface area contributed by atoms with Crippen molar-refractivity contribution >= 4 is 0 Å². The fourth-order valence-corrected chi connectivity index (χ4v) is 3.18. The van der Waals surface area contributed by atoms with E-state index in [0.29, 0.717) is 5.54 Å². The van der Waals surface area contributed by atoms with Crippen LogP contribution in [0.3, 0.4) is 0 Å². The van der Waals surface area contributed by atoms with Crippen molar-refractivity contribution in [3.05, 3.63) is 0 Å². The molecule has 0 aromatic heterocycles. The molecule has 2 fully saturated rings. The highest BCUT2D eigenvalue weighted by atomic mass is 15.2. The molecule has 0 saturated carbocycles. The Bertz CT molecular complexity index is 242. The lowest BCUT2D eigenvalue weighted by Gasteiger charge is -2.44. The maximum Gasteiger partial charge on any atom is 0.0152 e. The zero-order valence-electron chi connectivity index (χ0n) is 16.2. The summed E-state index contributed by atoms with van der Waals surface area (Å²) < 4.78 is 0. The predicted molar refractivity (Wildman–Crippen MR) is 97.0 cm³/mol. The second kappa shape index (κ2) is 10.6. The van der Waals surface area contributed by atoms with E-state index in [1.807, 2.05) is 13.8 Å². The van der Waals surface area contributed by atoms with Crippen molar-refractivity contribution < 1.29 is 0 Å². The van der Waals surface area contributed by atoms with Crippen LogP contribution in [0.5, 0.6) is 0 Å². The molecule has 0 N–H and O–H groups in total. The molecule has 0 bridgehead atoms. The van der Waals surface area contributed by atoms with Gasteiger partial charge in [0.15, 0.2) is 0 Å². The molecule has 2 aliphatic rings. The average Bonchev–Trinajstić information content (AvgIpc) is 2.45. The van der Waals surface area contributed by atoms with E-state index >= 15 is 0 Å². The normalized spacial score (nSPS) is 26.4. The maximum absolute atomic E-state index is 2.49. The Morgan fingerprint density at radius 1 is 0.905 bits per heavy atom. The first kappa shape index (κ1) is 20.9. The minimum Gasteiger partial charge on any atom is -0.306 e. The van der Waals surface area contributed by atoms with Crippen LogP contribution in [0.15, 0.2) is 0 Å². The predicted octanol–water partition coefficient (Wildman–Crippen LogP) is 4.89. The molecule has 0 radical (unpaired) electrons. The van der Waals surface area contributed by atoms with E-state index in [1.165, 1.54) is 51.7 Å². The van der Waals surface area contributed by atoms with Crippen LogP contribution in [0.2, 0.25) is 0 Å². The van der Waals surface area contributed by atoms with E-state index in [4.69, 9.17) is 0 Å². The molecule has 21 heavy (non-hydrogen) atoms. The number of likely N-dealkylation sites (tertiary alicyclic amines) is 2. The maximum atomic E-state index is 2.49. The molecule has 2 saturated heterocycles. The highest BCUT2D eigenvalue weighted by molar-refractivity contribution is 4.88. The van der Waals surface area contributed by atoms with Crippen LogP contribution in [0.4, 0.5) is 0 Å². The minimum absolute atomic E-state index is 0.424. The quantitative estimate of drug-likeness (QED) is 0.680. The van der Waals surface area contributed by atoms with Crippen LogP contribution in [0.25, 0.3) is 0 Å². The molecule has 0 aromatic carbocycles. The summed E-state index contributed by atoms with van der Waals surface area (Å²) in [5.74, 6) is 1.80. The van der Waals surface area contributed by atoms with Gasteiger partial charge in [-0.3, -0.25) is 0 Å². The molecule has 0 spiro atoms. The van der Waals surface area contributed by atoms with Gasteiger partial charge in [0.05, 0.1) is 0 Å². The Balaban J connectivity index is 0.000000377. The van der Waals surface area contributed by atoms with Crippen molar-refractivity contribution in [1.82, 2.24) is 9.80 Å². The largest absolute Gasteiger partial charge is 0.306 e. The van der Waals surface area contributed by atoms with Crippen LogP contribution in [0.1, 0.15) is 73.6 Å². The summed E-state index contributed by atoms with van der Waals surface area (Å²) in [5, 5.41) is 0. The fraction of sp³-hybridized carbons (Fsp3) is 1.00. The van der Waals surface area contributed by atoms with Gasteiger partial charge >= 0.3 is 0 Å². The van der Waals surface area contributed by atoms with Crippen molar-refractivity contribution in [2.45, 2.75) is 79.2 Å². The Labute approximate surface area is 135 Å². The molecule has 2 heteroatoms. The summed E-state index contributed by atoms with van der Waals surface area (Å²) in [6, 6.07) is 0. The van der Waals surface area contributed by atoms with Gasteiger partial charge in [0.2, 0.25) is 0 Å². The van der Waals surface area contributed by atoms with E-state index in [9.17, 15) is 0 Å². The summed E-state index contributed by atoms with van der Waals surface area (Å²) in [5.41, 5.74) is 0.424. The zero-order chi connectivity index (χ0) is 16.5. The van der Waals surface area contributed by atoms with Crippen molar-refractivity contribution in [2.24, 2.45) is 11.8 Å². The number of hydrogen-bond donors (Lipinski definition) is 0. The van der Waals surface area contributed by atoms with Gasteiger partial charge in [-0.25, -0.2) is 0 Å².